The van der Waals surface area contributed by atoms with Crippen molar-refractivity contribution in [2.45, 2.75) is 412 Å². The fourth-order valence-electron chi connectivity index (χ4n) is 11.5. The molecule has 0 unspecified atom stereocenters. The molecule has 6 heteroatoms. The standard InChI is InChI=1S/C70H135NO5/c1-4-7-10-13-16-19-22-25-28-31-34-37-40-43-46-49-52-55-58-61-67-71-70(64-74-67,65-75-68(72)62-59-56-53-50-47-44-41-38-35-32-29-26-23-20-17-14-11-8-5-2)66-76-69(73)63-60-57-54-51-48-45-42-39-36-33-30-27-24-21-18-15-12-9-6-3/h4-66H2,1-3H3. The maximum atomic E-state index is 13.0. The number of esters is 2. The van der Waals surface area contributed by atoms with Gasteiger partial charge in [-0.25, -0.2) is 4.99 Å². The third kappa shape index (κ3) is 51.8. The molecule has 0 aromatic heterocycles. The monoisotopic (exact) mass is 1070 g/mol. The largest absolute Gasteiger partial charge is 0.478 e. The molecule has 0 amide bonds. The van der Waals surface area contributed by atoms with Crippen LogP contribution in [-0.2, 0) is 23.8 Å². The van der Waals surface area contributed by atoms with Crippen LogP contribution in [0.15, 0.2) is 4.99 Å². The average Bonchev–Trinajstić information content (AvgIpc) is 3.84. The zero-order chi connectivity index (χ0) is 54.6. The zero-order valence-electron chi connectivity index (χ0n) is 52.0. The molecule has 76 heavy (non-hydrogen) atoms. The number of nitrogens with zero attached hydrogens (tertiary/aromatic N) is 1. The van der Waals surface area contributed by atoms with Crippen LogP contribution in [-0.4, -0.2) is 43.2 Å². The predicted octanol–water partition coefficient (Wildman–Crippen LogP) is 23.7. The summed E-state index contributed by atoms with van der Waals surface area (Å²) >= 11 is 0. The summed E-state index contributed by atoms with van der Waals surface area (Å²) in [4.78, 5) is 31.0. The van der Waals surface area contributed by atoms with Crippen molar-refractivity contribution in [2.24, 2.45) is 4.99 Å². The highest BCUT2D eigenvalue weighted by atomic mass is 16.6. The number of hydrogen-bond acceptors (Lipinski definition) is 6. The molecule has 0 saturated carbocycles. The van der Waals surface area contributed by atoms with Crippen LogP contribution in [0, 0.1) is 0 Å². The summed E-state index contributed by atoms with van der Waals surface area (Å²) in [7, 11) is 0. The number of carbonyl (C=O) groups excluding carboxylic acids is 2. The van der Waals surface area contributed by atoms with E-state index in [-0.39, 0.29) is 25.2 Å². The number of hydrogen-bond donors (Lipinski definition) is 0. The number of ether oxygens (including phenoxy) is 3. The number of rotatable bonds is 64. The van der Waals surface area contributed by atoms with E-state index in [0.717, 1.165) is 44.4 Å². The molecule has 0 spiro atoms. The summed E-state index contributed by atoms with van der Waals surface area (Å²) in [5.41, 5.74) is -0.838. The molecule has 6 nitrogen and oxygen atoms in total. The number of aliphatic imine (C=N–C) groups is 1. The lowest BCUT2D eigenvalue weighted by molar-refractivity contribution is -0.150. The van der Waals surface area contributed by atoms with E-state index in [1.54, 1.807) is 0 Å². The van der Waals surface area contributed by atoms with Crippen molar-refractivity contribution in [1.82, 2.24) is 0 Å². The first-order valence-corrected chi connectivity index (χ1v) is 35.1. The van der Waals surface area contributed by atoms with Crippen LogP contribution in [0.5, 0.6) is 0 Å². The molecule has 0 N–H and O–H groups in total. The second-order valence-electron chi connectivity index (χ2n) is 24.7. The van der Waals surface area contributed by atoms with Gasteiger partial charge in [0.25, 0.3) is 0 Å². The van der Waals surface area contributed by atoms with Crippen molar-refractivity contribution < 1.29 is 23.8 Å². The molecule has 0 aliphatic carbocycles. The summed E-state index contributed by atoms with van der Waals surface area (Å²) in [6.07, 6.45) is 78.4. The van der Waals surface area contributed by atoms with E-state index in [1.807, 2.05) is 0 Å². The van der Waals surface area contributed by atoms with Crippen molar-refractivity contribution in [3.63, 3.8) is 0 Å². The van der Waals surface area contributed by atoms with Gasteiger partial charge < -0.3 is 14.2 Å². The van der Waals surface area contributed by atoms with E-state index in [0.29, 0.717) is 19.4 Å². The molecular weight excluding hydrogens is 935 g/mol. The van der Waals surface area contributed by atoms with Crippen molar-refractivity contribution in [3.05, 3.63) is 0 Å². The molecule has 450 valence electrons. The Morgan fingerprint density at radius 3 is 0.737 bits per heavy atom. The van der Waals surface area contributed by atoms with Gasteiger partial charge in [0.15, 0.2) is 11.4 Å². The van der Waals surface area contributed by atoms with Gasteiger partial charge in [0.2, 0.25) is 0 Å². The van der Waals surface area contributed by atoms with E-state index >= 15 is 0 Å². The third-order valence-electron chi connectivity index (χ3n) is 16.8. The van der Waals surface area contributed by atoms with Crippen LogP contribution in [0.1, 0.15) is 406 Å². The highest BCUT2D eigenvalue weighted by Gasteiger charge is 2.40. The maximum Gasteiger partial charge on any atom is 0.305 e. The highest BCUT2D eigenvalue weighted by Crippen LogP contribution is 2.25. The fourth-order valence-corrected chi connectivity index (χ4v) is 11.5. The van der Waals surface area contributed by atoms with Crippen LogP contribution in [0.25, 0.3) is 0 Å². The van der Waals surface area contributed by atoms with Gasteiger partial charge in [-0.15, -0.1) is 0 Å². The SMILES string of the molecule is CCCCCCCCCCCCCCCCCCCCCC(=O)OCC1(COC(=O)CCCCCCCCCCCCCCCCCCCCC)COC(CCCCCCCCCCCCCCCCCCCCC)=N1. The van der Waals surface area contributed by atoms with Crippen molar-refractivity contribution >= 4 is 17.8 Å². The lowest BCUT2D eigenvalue weighted by Crippen LogP contribution is -2.41. The number of carbonyl (C=O) groups is 2. The number of unbranched alkanes of at least 4 members (excludes halogenated alkanes) is 54. The van der Waals surface area contributed by atoms with Crippen LogP contribution >= 0.6 is 0 Å². The second-order valence-corrected chi connectivity index (χ2v) is 24.7. The summed E-state index contributed by atoms with van der Waals surface area (Å²) in [5, 5.41) is 0. The summed E-state index contributed by atoms with van der Waals surface area (Å²) in [6, 6.07) is 0. The molecule has 0 radical (unpaired) electrons. The first kappa shape index (κ1) is 72.4. The zero-order valence-corrected chi connectivity index (χ0v) is 52.0. The summed E-state index contributed by atoms with van der Waals surface area (Å²) in [5.74, 6) is 0.389. The Labute approximate surface area is 475 Å². The molecule has 0 aromatic carbocycles. The molecule has 0 aromatic rings. The van der Waals surface area contributed by atoms with Crippen molar-refractivity contribution in [1.29, 1.82) is 0 Å². The molecule has 1 heterocycles. The highest BCUT2D eigenvalue weighted by molar-refractivity contribution is 5.78. The minimum absolute atomic E-state index is 0.111. The van der Waals surface area contributed by atoms with E-state index in [9.17, 15) is 9.59 Å². The van der Waals surface area contributed by atoms with Crippen LogP contribution < -0.4 is 0 Å². The average molecular weight is 1070 g/mol. The van der Waals surface area contributed by atoms with E-state index in [2.05, 4.69) is 20.8 Å². The van der Waals surface area contributed by atoms with E-state index in [4.69, 9.17) is 19.2 Å². The third-order valence-corrected chi connectivity index (χ3v) is 16.8. The lowest BCUT2D eigenvalue weighted by atomic mass is 10.0. The van der Waals surface area contributed by atoms with Crippen LogP contribution in [0.2, 0.25) is 0 Å². The smallest absolute Gasteiger partial charge is 0.305 e. The van der Waals surface area contributed by atoms with E-state index < -0.39 is 5.54 Å². The minimum atomic E-state index is -0.838. The van der Waals surface area contributed by atoms with Gasteiger partial charge in [-0.1, -0.05) is 367 Å². The normalized spacial score (nSPS) is 13.1. The Morgan fingerprint density at radius 2 is 0.513 bits per heavy atom. The minimum Gasteiger partial charge on any atom is -0.478 e. The maximum absolute atomic E-state index is 13.0. The van der Waals surface area contributed by atoms with Crippen molar-refractivity contribution in [3.8, 4) is 0 Å². The molecule has 0 bridgehead atoms. The lowest BCUT2D eigenvalue weighted by Gasteiger charge is -2.23. The van der Waals surface area contributed by atoms with Gasteiger partial charge in [0, 0.05) is 19.3 Å². The van der Waals surface area contributed by atoms with Gasteiger partial charge in [0.05, 0.1) is 0 Å². The Kier molecular flexibility index (Phi) is 56.7. The first-order valence-electron chi connectivity index (χ1n) is 35.1. The fraction of sp³-hybridized carbons (Fsp3) is 0.957. The van der Waals surface area contributed by atoms with Gasteiger partial charge in [-0.05, 0) is 19.3 Å². The molecule has 0 saturated heterocycles. The molecule has 0 atom stereocenters. The second kappa shape index (κ2) is 59.5. The molecule has 0 fully saturated rings. The van der Waals surface area contributed by atoms with Gasteiger partial charge in [0.1, 0.15) is 19.8 Å². The van der Waals surface area contributed by atoms with E-state index in [1.165, 1.54) is 334 Å². The van der Waals surface area contributed by atoms with Crippen LogP contribution in [0.4, 0.5) is 0 Å². The molecule has 1 aliphatic rings. The Morgan fingerprint density at radius 1 is 0.316 bits per heavy atom. The first-order chi connectivity index (χ1) is 37.5. The Hall–Kier alpha value is -1.59. The molecule has 1 aliphatic heterocycles. The molecule has 1 rings (SSSR count). The molecular formula is C70H135NO5. The predicted molar refractivity (Wildman–Crippen MR) is 332 cm³/mol. The van der Waals surface area contributed by atoms with Crippen LogP contribution in [0.3, 0.4) is 0 Å². The summed E-state index contributed by atoms with van der Waals surface area (Å²) < 4.78 is 17.9. The summed E-state index contributed by atoms with van der Waals surface area (Å²) in [6.45, 7) is 7.42. The van der Waals surface area contributed by atoms with Gasteiger partial charge in [-0.3, -0.25) is 9.59 Å². The van der Waals surface area contributed by atoms with Gasteiger partial charge in [-0.2, -0.15) is 0 Å². The van der Waals surface area contributed by atoms with Gasteiger partial charge >= 0.3 is 11.9 Å². The topological polar surface area (TPSA) is 74.2 Å². The van der Waals surface area contributed by atoms with Crippen molar-refractivity contribution in [2.75, 3.05) is 19.8 Å². The Bertz CT molecular complexity index is 1160. The Balaban J connectivity index is 2.29. The quantitative estimate of drug-likeness (QED) is 0.0448.